The lowest BCUT2D eigenvalue weighted by atomic mass is 10.3. The fourth-order valence-corrected chi connectivity index (χ4v) is 2.19. The van der Waals surface area contributed by atoms with Crippen LogP contribution in [-0.2, 0) is 6.61 Å². The Morgan fingerprint density at radius 1 is 1.20 bits per heavy atom. The Balaban J connectivity index is 2.02. The molecule has 2 rings (SSSR count). The number of hydrogen-bond donors (Lipinski definition) is 1. The van der Waals surface area contributed by atoms with Crippen LogP contribution < -0.4 is 10.5 Å². The van der Waals surface area contributed by atoms with Gasteiger partial charge in [0.05, 0.1) is 10.0 Å². The van der Waals surface area contributed by atoms with Crippen molar-refractivity contribution >= 4 is 28.6 Å². The molecule has 0 atom stereocenters. The average molecular weight is 240 g/mol. The first kappa shape index (κ1) is 10.3. The van der Waals surface area contributed by atoms with Gasteiger partial charge >= 0.3 is 0 Å². The first-order valence-corrected chi connectivity index (χ1v) is 5.66. The highest BCUT2D eigenvalue weighted by molar-refractivity contribution is 7.16. The zero-order valence-electron chi connectivity index (χ0n) is 7.94. The van der Waals surface area contributed by atoms with Crippen molar-refractivity contribution in [2.75, 3.05) is 5.73 Å². The number of para-hydroxylation sites is 2. The fraction of sp³-hybridized carbons (Fsp3) is 0.0909. The van der Waals surface area contributed by atoms with Crippen LogP contribution in [0.3, 0.4) is 0 Å². The lowest BCUT2D eigenvalue weighted by Crippen LogP contribution is -1.96. The van der Waals surface area contributed by atoms with Crippen LogP contribution in [0.15, 0.2) is 36.4 Å². The first-order chi connectivity index (χ1) is 7.25. The highest BCUT2D eigenvalue weighted by Crippen LogP contribution is 2.25. The molecule has 0 bridgehead atoms. The number of halogens is 1. The summed E-state index contributed by atoms with van der Waals surface area (Å²) >= 11 is 7.32. The second kappa shape index (κ2) is 4.55. The number of nitrogens with two attached hydrogens (primary N) is 1. The summed E-state index contributed by atoms with van der Waals surface area (Å²) < 4.78 is 6.34. The first-order valence-electron chi connectivity index (χ1n) is 4.47. The third-order valence-corrected chi connectivity index (χ3v) is 3.12. The van der Waals surface area contributed by atoms with Crippen molar-refractivity contribution < 1.29 is 4.74 Å². The summed E-state index contributed by atoms with van der Waals surface area (Å²) in [6.45, 7) is 0.506. The molecule has 2 N–H and O–H groups in total. The van der Waals surface area contributed by atoms with Crippen LogP contribution >= 0.6 is 22.9 Å². The molecule has 78 valence electrons. The highest BCUT2D eigenvalue weighted by Gasteiger charge is 2.01. The summed E-state index contributed by atoms with van der Waals surface area (Å²) in [6.07, 6.45) is 0. The van der Waals surface area contributed by atoms with E-state index in [9.17, 15) is 0 Å². The zero-order chi connectivity index (χ0) is 10.7. The predicted molar refractivity (Wildman–Crippen MR) is 64.5 cm³/mol. The standard InChI is InChI=1S/C11H10ClNOS/c12-11-6-5-8(15-11)7-14-10-4-2-1-3-9(10)13/h1-6H,7,13H2. The third-order valence-electron chi connectivity index (χ3n) is 1.92. The molecule has 1 aromatic heterocycles. The van der Waals surface area contributed by atoms with Gasteiger partial charge in [-0.15, -0.1) is 11.3 Å². The number of thiophene rings is 1. The summed E-state index contributed by atoms with van der Waals surface area (Å²) in [5.74, 6) is 0.710. The van der Waals surface area contributed by atoms with Gasteiger partial charge < -0.3 is 10.5 Å². The number of ether oxygens (including phenoxy) is 1. The normalized spacial score (nSPS) is 10.2. The number of anilines is 1. The topological polar surface area (TPSA) is 35.2 Å². The van der Waals surface area contributed by atoms with E-state index in [1.54, 1.807) is 0 Å². The van der Waals surface area contributed by atoms with Gasteiger partial charge in [0.25, 0.3) is 0 Å². The Labute approximate surface area is 97.3 Å². The van der Waals surface area contributed by atoms with Crippen molar-refractivity contribution in [2.45, 2.75) is 6.61 Å². The molecule has 0 fully saturated rings. The molecule has 0 aliphatic heterocycles. The smallest absolute Gasteiger partial charge is 0.142 e. The third kappa shape index (κ3) is 2.64. The summed E-state index contributed by atoms with van der Waals surface area (Å²) in [5, 5.41) is 0. The van der Waals surface area contributed by atoms with Gasteiger partial charge in [0.1, 0.15) is 12.4 Å². The molecular weight excluding hydrogens is 230 g/mol. The Kier molecular flexibility index (Phi) is 3.14. The highest BCUT2D eigenvalue weighted by atomic mass is 35.5. The van der Waals surface area contributed by atoms with E-state index in [0.717, 1.165) is 9.21 Å². The van der Waals surface area contributed by atoms with Crippen molar-refractivity contribution in [3.8, 4) is 5.75 Å². The lowest BCUT2D eigenvalue weighted by molar-refractivity contribution is 0.311. The van der Waals surface area contributed by atoms with Crippen molar-refractivity contribution in [3.63, 3.8) is 0 Å². The molecular formula is C11H10ClNOS. The molecule has 0 spiro atoms. The van der Waals surface area contributed by atoms with Gasteiger partial charge in [-0.3, -0.25) is 0 Å². The molecule has 0 saturated heterocycles. The Hall–Kier alpha value is -1.19. The molecule has 0 saturated carbocycles. The summed E-state index contributed by atoms with van der Waals surface area (Å²) in [4.78, 5) is 1.09. The van der Waals surface area contributed by atoms with Crippen molar-refractivity contribution in [1.82, 2.24) is 0 Å². The minimum atomic E-state index is 0.506. The van der Waals surface area contributed by atoms with E-state index in [1.807, 2.05) is 36.4 Å². The molecule has 0 unspecified atom stereocenters. The van der Waals surface area contributed by atoms with E-state index in [1.165, 1.54) is 11.3 Å². The van der Waals surface area contributed by atoms with E-state index in [2.05, 4.69) is 0 Å². The van der Waals surface area contributed by atoms with Crippen molar-refractivity contribution in [2.24, 2.45) is 0 Å². The van der Waals surface area contributed by atoms with Gasteiger partial charge in [0.2, 0.25) is 0 Å². The Morgan fingerprint density at radius 3 is 2.67 bits per heavy atom. The molecule has 2 aromatic rings. The van der Waals surface area contributed by atoms with Gasteiger partial charge in [-0.05, 0) is 24.3 Å². The average Bonchev–Trinajstić information content (AvgIpc) is 2.63. The van der Waals surface area contributed by atoms with Crippen LogP contribution in [0.5, 0.6) is 5.75 Å². The van der Waals surface area contributed by atoms with Crippen molar-refractivity contribution in [1.29, 1.82) is 0 Å². The number of benzene rings is 1. The maximum atomic E-state index is 5.81. The second-order valence-corrected chi connectivity index (χ2v) is 4.83. The van der Waals surface area contributed by atoms with Crippen LogP contribution in [0.1, 0.15) is 4.88 Å². The molecule has 0 aliphatic carbocycles. The van der Waals surface area contributed by atoms with E-state index >= 15 is 0 Å². The Bertz CT molecular complexity index is 455. The summed E-state index contributed by atoms with van der Waals surface area (Å²) in [6, 6.07) is 11.3. The van der Waals surface area contributed by atoms with Crippen LogP contribution in [-0.4, -0.2) is 0 Å². The molecule has 1 aromatic carbocycles. The second-order valence-electron chi connectivity index (χ2n) is 3.03. The van der Waals surface area contributed by atoms with E-state index in [4.69, 9.17) is 22.1 Å². The molecule has 15 heavy (non-hydrogen) atoms. The molecule has 0 aliphatic rings. The van der Waals surface area contributed by atoms with Crippen LogP contribution in [0, 0.1) is 0 Å². The number of nitrogen functional groups attached to an aromatic ring is 1. The van der Waals surface area contributed by atoms with Gasteiger partial charge in [-0.25, -0.2) is 0 Å². The lowest BCUT2D eigenvalue weighted by Gasteiger charge is -2.06. The summed E-state index contributed by atoms with van der Waals surface area (Å²) in [5.41, 5.74) is 6.40. The van der Waals surface area contributed by atoms with Crippen molar-refractivity contribution in [3.05, 3.63) is 45.6 Å². The van der Waals surface area contributed by atoms with Gasteiger partial charge in [0.15, 0.2) is 0 Å². The van der Waals surface area contributed by atoms with Crippen LogP contribution in [0.2, 0.25) is 4.34 Å². The molecule has 0 radical (unpaired) electrons. The quantitative estimate of drug-likeness (QED) is 0.832. The largest absolute Gasteiger partial charge is 0.486 e. The zero-order valence-corrected chi connectivity index (χ0v) is 9.52. The van der Waals surface area contributed by atoms with Gasteiger partial charge in [-0.2, -0.15) is 0 Å². The molecule has 0 amide bonds. The van der Waals surface area contributed by atoms with E-state index in [-0.39, 0.29) is 0 Å². The monoisotopic (exact) mass is 239 g/mol. The van der Waals surface area contributed by atoms with Gasteiger partial charge in [-0.1, -0.05) is 23.7 Å². The molecule has 2 nitrogen and oxygen atoms in total. The minimum absolute atomic E-state index is 0.506. The Morgan fingerprint density at radius 2 is 2.00 bits per heavy atom. The summed E-state index contributed by atoms with van der Waals surface area (Å²) in [7, 11) is 0. The maximum absolute atomic E-state index is 5.81. The van der Waals surface area contributed by atoms with E-state index in [0.29, 0.717) is 18.0 Å². The van der Waals surface area contributed by atoms with Crippen LogP contribution in [0.25, 0.3) is 0 Å². The molecule has 1 heterocycles. The minimum Gasteiger partial charge on any atom is -0.486 e. The number of hydrogen-bond acceptors (Lipinski definition) is 3. The predicted octanol–water partition coefficient (Wildman–Crippen LogP) is 3.56. The van der Waals surface area contributed by atoms with Crippen LogP contribution in [0.4, 0.5) is 5.69 Å². The van der Waals surface area contributed by atoms with E-state index < -0.39 is 0 Å². The number of rotatable bonds is 3. The molecule has 4 heteroatoms. The maximum Gasteiger partial charge on any atom is 0.142 e. The fourth-order valence-electron chi connectivity index (χ4n) is 1.19. The SMILES string of the molecule is Nc1ccccc1OCc1ccc(Cl)s1. The van der Waals surface area contributed by atoms with Gasteiger partial charge in [0, 0.05) is 4.88 Å².